The topological polar surface area (TPSA) is 79.2 Å². The quantitative estimate of drug-likeness (QED) is 0.289. The first-order valence-electron chi connectivity index (χ1n) is 16.6. The normalized spacial score (nSPS) is 21.0. The number of hydrogen-bond acceptors (Lipinski definition) is 5. The molecule has 8 nitrogen and oxygen atoms in total. The van der Waals surface area contributed by atoms with Crippen molar-refractivity contribution in [2.24, 2.45) is 5.92 Å². The van der Waals surface area contributed by atoms with Gasteiger partial charge in [-0.1, -0.05) is 6.07 Å². The number of rotatable bonds is 8. The lowest BCUT2D eigenvalue weighted by Crippen LogP contribution is -2.42. The standard InChI is InChI=1S/C36H50FN5O3/c1-8-41(23(2)3)34(43)32-18-28(37)11-14-30(32)31-17-27(22-42-24(4)38-19-33(31)42)26-15-16-40(21-26)20-25-9-12-29(13-10-25)39-35(44)45-36(5,6)7/h11,14,17-19,22-23,25-26,29H,8-10,12-13,15-16,20-21H2,1-7H3,(H,39,44). The fourth-order valence-electron chi connectivity index (χ4n) is 7.11. The SMILES string of the molecule is CCN(C(=O)c1cc(F)ccc1-c1cc(C2CCN(CC3CCC(NC(=O)OC(C)(C)C)CC3)C2)cn2c(C)ncc12)C(C)C. The molecule has 1 saturated heterocycles. The number of fused-ring (bicyclic) bond motifs is 1. The molecule has 1 saturated carbocycles. The molecule has 1 unspecified atom stereocenters. The highest BCUT2D eigenvalue weighted by Crippen LogP contribution is 2.36. The van der Waals surface area contributed by atoms with E-state index in [0.29, 0.717) is 23.9 Å². The molecule has 9 heteroatoms. The van der Waals surface area contributed by atoms with Crippen LogP contribution in [0.4, 0.5) is 9.18 Å². The van der Waals surface area contributed by atoms with Gasteiger partial charge in [0.05, 0.1) is 17.3 Å². The third-order valence-electron chi connectivity index (χ3n) is 9.40. The van der Waals surface area contributed by atoms with Gasteiger partial charge >= 0.3 is 6.09 Å². The number of carbonyl (C=O) groups excluding carboxylic acids is 2. The molecule has 0 radical (unpaired) electrons. The number of nitrogens with one attached hydrogen (secondary N) is 1. The number of benzene rings is 1. The van der Waals surface area contributed by atoms with Crippen LogP contribution in [0.2, 0.25) is 0 Å². The number of likely N-dealkylation sites (tertiary alicyclic amines) is 1. The van der Waals surface area contributed by atoms with Gasteiger partial charge in [0.2, 0.25) is 0 Å². The van der Waals surface area contributed by atoms with Crippen molar-refractivity contribution in [3.63, 3.8) is 0 Å². The monoisotopic (exact) mass is 619 g/mol. The van der Waals surface area contributed by atoms with Crippen molar-refractivity contribution < 1.29 is 18.7 Å². The second kappa shape index (κ2) is 13.5. The van der Waals surface area contributed by atoms with Crippen molar-refractivity contribution in [1.82, 2.24) is 24.5 Å². The Balaban J connectivity index is 1.31. The van der Waals surface area contributed by atoms with Crippen LogP contribution in [0.25, 0.3) is 16.6 Å². The van der Waals surface area contributed by atoms with Gasteiger partial charge in [0.15, 0.2) is 0 Å². The van der Waals surface area contributed by atoms with Crippen molar-refractivity contribution in [3.05, 3.63) is 59.4 Å². The molecule has 244 valence electrons. The number of halogens is 1. The average Bonchev–Trinajstić information content (AvgIpc) is 3.59. The zero-order valence-electron chi connectivity index (χ0n) is 28.0. The molecule has 1 N–H and O–H groups in total. The van der Waals surface area contributed by atoms with E-state index in [2.05, 4.69) is 31.9 Å². The second-order valence-corrected chi connectivity index (χ2v) is 14.2. The van der Waals surface area contributed by atoms with Crippen LogP contribution in [-0.4, -0.2) is 75.0 Å². The van der Waals surface area contributed by atoms with E-state index in [1.54, 1.807) is 11.0 Å². The minimum absolute atomic E-state index is 0.00272. The number of ether oxygens (including phenoxy) is 1. The molecule has 2 aliphatic rings. The van der Waals surface area contributed by atoms with Crippen LogP contribution in [0.5, 0.6) is 0 Å². The lowest BCUT2D eigenvalue weighted by atomic mass is 9.85. The van der Waals surface area contributed by atoms with E-state index >= 15 is 0 Å². The largest absolute Gasteiger partial charge is 0.444 e. The third-order valence-corrected chi connectivity index (χ3v) is 9.40. The first kappa shape index (κ1) is 32.9. The zero-order chi connectivity index (χ0) is 32.5. The van der Waals surface area contributed by atoms with Crippen molar-refractivity contribution in [2.75, 3.05) is 26.2 Å². The zero-order valence-corrected chi connectivity index (χ0v) is 28.0. The average molecular weight is 620 g/mol. The van der Waals surface area contributed by atoms with Crippen molar-refractivity contribution in [2.45, 2.75) is 104 Å². The summed E-state index contributed by atoms with van der Waals surface area (Å²) in [4.78, 5) is 34.9. The summed E-state index contributed by atoms with van der Waals surface area (Å²) in [5.41, 5.74) is 3.66. The Hall–Kier alpha value is -3.46. The lowest BCUT2D eigenvalue weighted by molar-refractivity contribution is 0.0484. The van der Waals surface area contributed by atoms with Crippen molar-refractivity contribution in [3.8, 4) is 11.1 Å². The number of aromatic nitrogens is 2. The summed E-state index contributed by atoms with van der Waals surface area (Å²) in [6, 6.07) is 6.95. The highest BCUT2D eigenvalue weighted by atomic mass is 19.1. The number of alkyl carbamates (subject to hydrolysis) is 1. The first-order chi connectivity index (χ1) is 21.3. The van der Waals surface area contributed by atoms with Crippen LogP contribution in [-0.2, 0) is 4.74 Å². The summed E-state index contributed by atoms with van der Waals surface area (Å²) in [6.07, 6.45) is 8.93. The molecule has 5 rings (SSSR count). The number of imidazole rings is 1. The molecule has 2 fully saturated rings. The van der Waals surface area contributed by atoms with Crippen molar-refractivity contribution in [1.29, 1.82) is 0 Å². The summed E-state index contributed by atoms with van der Waals surface area (Å²) in [5, 5.41) is 3.06. The van der Waals surface area contributed by atoms with Gasteiger partial charge in [-0.3, -0.25) is 4.79 Å². The summed E-state index contributed by atoms with van der Waals surface area (Å²) >= 11 is 0. The van der Waals surface area contributed by atoms with Crippen LogP contribution >= 0.6 is 0 Å². The fraction of sp³-hybridized carbons (Fsp3) is 0.583. The molecular weight excluding hydrogens is 569 g/mol. The van der Waals surface area contributed by atoms with E-state index in [4.69, 9.17) is 4.74 Å². The minimum Gasteiger partial charge on any atom is -0.444 e. The maximum Gasteiger partial charge on any atom is 0.407 e. The molecule has 1 atom stereocenters. The van der Waals surface area contributed by atoms with E-state index in [9.17, 15) is 14.0 Å². The summed E-state index contributed by atoms with van der Waals surface area (Å²) < 4.78 is 22.1. The molecule has 45 heavy (non-hydrogen) atoms. The Morgan fingerprint density at radius 1 is 1.11 bits per heavy atom. The summed E-state index contributed by atoms with van der Waals surface area (Å²) in [7, 11) is 0. The third kappa shape index (κ3) is 7.68. The number of hydrogen-bond donors (Lipinski definition) is 1. The minimum atomic E-state index is -0.488. The number of pyridine rings is 1. The van der Waals surface area contributed by atoms with E-state index in [0.717, 1.165) is 74.2 Å². The van der Waals surface area contributed by atoms with E-state index in [1.165, 1.54) is 17.7 Å². The van der Waals surface area contributed by atoms with Gasteiger partial charge in [-0.05, 0) is 128 Å². The molecular formula is C36H50FN5O3. The van der Waals surface area contributed by atoms with Crippen LogP contribution in [0.1, 0.15) is 101 Å². The number of nitrogens with zero attached hydrogens (tertiary/aromatic N) is 4. The molecule has 2 aromatic heterocycles. The Labute approximate surface area is 267 Å². The van der Waals surface area contributed by atoms with Crippen molar-refractivity contribution >= 4 is 17.5 Å². The van der Waals surface area contributed by atoms with Gasteiger partial charge in [0.1, 0.15) is 17.2 Å². The number of aryl methyl sites for hydroxylation is 1. The van der Waals surface area contributed by atoms with Gasteiger partial charge < -0.3 is 24.3 Å². The molecule has 1 aromatic carbocycles. The highest BCUT2D eigenvalue weighted by molar-refractivity contribution is 6.03. The fourth-order valence-corrected chi connectivity index (χ4v) is 7.11. The van der Waals surface area contributed by atoms with E-state index in [-0.39, 0.29) is 24.1 Å². The number of carbonyl (C=O) groups is 2. The highest BCUT2D eigenvalue weighted by Gasteiger charge is 2.31. The Kier molecular flexibility index (Phi) is 9.87. The Morgan fingerprint density at radius 2 is 1.84 bits per heavy atom. The molecule has 3 heterocycles. The second-order valence-electron chi connectivity index (χ2n) is 14.2. The molecule has 0 bridgehead atoms. The molecule has 1 aliphatic heterocycles. The molecule has 1 aliphatic carbocycles. The van der Waals surface area contributed by atoms with Crippen LogP contribution in [0.3, 0.4) is 0 Å². The predicted molar refractivity (Wildman–Crippen MR) is 176 cm³/mol. The van der Waals surface area contributed by atoms with Crippen LogP contribution in [0, 0.1) is 18.7 Å². The molecule has 0 spiro atoms. The van der Waals surface area contributed by atoms with E-state index in [1.807, 2.05) is 54.7 Å². The lowest BCUT2D eigenvalue weighted by Gasteiger charge is -2.32. The smallest absolute Gasteiger partial charge is 0.407 e. The number of amides is 2. The van der Waals surface area contributed by atoms with Crippen LogP contribution < -0.4 is 5.32 Å². The van der Waals surface area contributed by atoms with E-state index < -0.39 is 11.4 Å². The Bertz CT molecular complexity index is 1520. The summed E-state index contributed by atoms with van der Waals surface area (Å²) in [6.45, 7) is 17.2. The van der Waals surface area contributed by atoms with Gasteiger partial charge in [0.25, 0.3) is 5.91 Å². The molecule has 3 aromatic rings. The predicted octanol–water partition coefficient (Wildman–Crippen LogP) is 7.19. The van der Waals surface area contributed by atoms with Crippen LogP contribution in [0.15, 0.2) is 36.7 Å². The summed E-state index contributed by atoms with van der Waals surface area (Å²) in [5.74, 6) is 1.27. The van der Waals surface area contributed by atoms with Gasteiger partial charge in [-0.25, -0.2) is 14.2 Å². The first-order valence-corrected chi connectivity index (χ1v) is 16.6. The van der Waals surface area contributed by atoms with Gasteiger partial charge in [0, 0.05) is 43.5 Å². The van der Waals surface area contributed by atoms with Gasteiger partial charge in [-0.15, -0.1) is 0 Å². The Morgan fingerprint density at radius 3 is 2.51 bits per heavy atom. The maximum absolute atomic E-state index is 14.6. The van der Waals surface area contributed by atoms with Gasteiger partial charge in [-0.2, -0.15) is 0 Å². The molecule has 2 amide bonds. The maximum atomic E-state index is 14.6.